The summed E-state index contributed by atoms with van der Waals surface area (Å²) in [6.07, 6.45) is -0.810. The van der Waals surface area contributed by atoms with Crippen LogP contribution in [0.5, 0.6) is 5.75 Å². The number of halogens is 2. The van der Waals surface area contributed by atoms with E-state index in [1.54, 1.807) is 12.1 Å². The van der Waals surface area contributed by atoms with Gasteiger partial charge in [0, 0.05) is 11.9 Å². The van der Waals surface area contributed by atoms with E-state index in [0.29, 0.717) is 15.8 Å². The van der Waals surface area contributed by atoms with E-state index in [-0.39, 0.29) is 5.91 Å². The summed E-state index contributed by atoms with van der Waals surface area (Å²) < 4.78 is 5.34. The zero-order valence-corrected chi connectivity index (χ0v) is 11.3. The van der Waals surface area contributed by atoms with Crippen molar-refractivity contribution in [3.8, 4) is 5.75 Å². The molecule has 1 aromatic rings. The van der Waals surface area contributed by atoms with Gasteiger partial charge >= 0.3 is 0 Å². The number of hydrazine groups is 1. The number of hydrogen-bond donors (Lipinski definition) is 2. The van der Waals surface area contributed by atoms with Crippen LogP contribution in [0.25, 0.3) is 0 Å². The average molecular weight is 291 g/mol. The molecule has 2 amide bonds. The van der Waals surface area contributed by atoms with Crippen molar-refractivity contribution in [2.45, 2.75) is 20.0 Å². The summed E-state index contributed by atoms with van der Waals surface area (Å²) in [5, 5.41) is 0.782. The van der Waals surface area contributed by atoms with Crippen molar-refractivity contribution in [1.82, 2.24) is 10.9 Å². The van der Waals surface area contributed by atoms with Gasteiger partial charge in [0.1, 0.15) is 5.75 Å². The van der Waals surface area contributed by atoms with Gasteiger partial charge in [0.25, 0.3) is 5.91 Å². The standard InChI is InChI=1S/C11H12Cl2N2O3/c1-6(11(17)15-14-7(2)16)18-10-4-3-8(12)5-9(10)13/h3-6H,1-2H3,(H,14,16)(H,15,17)/t6-/m1/s1. The van der Waals surface area contributed by atoms with Crippen molar-refractivity contribution in [2.24, 2.45) is 0 Å². The maximum absolute atomic E-state index is 11.5. The van der Waals surface area contributed by atoms with Crippen LogP contribution < -0.4 is 15.6 Å². The predicted molar refractivity (Wildman–Crippen MR) is 68.5 cm³/mol. The van der Waals surface area contributed by atoms with Crippen molar-refractivity contribution in [3.05, 3.63) is 28.2 Å². The van der Waals surface area contributed by atoms with Gasteiger partial charge in [0.15, 0.2) is 6.10 Å². The summed E-state index contributed by atoms with van der Waals surface area (Å²) in [7, 11) is 0. The van der Waals surface area contributed by atoms with Gasteiger partial charge in [-0.05, 0) is 25.1 Å². The minimum Gasteiger partial charge on any atom is -0.479 e. The largest absolute Gasteiger partial charge is 0.479 e. The number of amides is 2. The predicted octanol–water partition coefficient (Wildman–Crippen LogP) is 1.93. The number of rotatable bonds is 3. The third-order valence-electron chi connectivity index (χ3n) is 1.93. The quantitative estimate of drug-likeness (QED) is 0.836. The summed E-state index contributed by atoms with van der Waals surface area (Å²) in [6.45, 7) is 2.81. The smallest absolute Gasteiger partial charge is 0.279 e. The molecule has 0 fully saturated rings. The van der Waals surface area contributed by atoms with Crippen molar-refractivity contribution in [1.29, 1.82) is 0 Å². The zero-order chi connectivity index (χ0) is 13.7. The Hall–Kier alpha value is -1.46. The molecular weight excluding hydrogens is 279 g/mol. The van der Waals surface area contributed by atoms with E-state index >= 15 is 0 Å². The zero-order valence-electron chi connectivity index (χ0n) is 9.79. The van der Waals surface area contributed by atoms with Crippen LogP contribution >= 0.6 is 23.2 Å². The van der Waals surface area contributed by atoms with Gasteiger partial charge in [-0.25, -0.2) is 0 Å². The Morgan fingerprint density at radius 3 is 2.50 bits per heavy atom. The molecule has 1 aromatic carbocycles. The molecule has 0 unspecified atom stereocenters. The molecule has 0 aliphatic heterocycles. The molecule has 0 aliphatic rings. The molecule has 5 nitrogen and oxygen atoms in total. The van der Waals surface area contributed by atoms with Gasteiger partial charge in [-0.15, -0.1) is 0 Å². The second-order valence-electron chi connectivity index (χ2n) is 3.51. The molecule has 0 heterocycles. The summed E-state index contributed by atoms with van der Waals surface area (Å²) in [5.41, 5.74) is 4.36. The lowest BCUT2D eigenvalue weighted by Crippen LogP contribution is -2.46. The van der Waals surface area contributed by atoms with Gasteiger partial charge in [0.2, 0.25) is 5.91 Å². The fraction of sp³-hybridized carbons (Fsp3) is 0.273. The highest BCUT2D eigenvalue weighted by Gasteiger charge is 2.16. The molecule has 0 saturated heterocycles. The van der Waals surface area contributed by atoms with E-state index in [1.165, 1.54) is 19.9 Å². The minimum atomic E-state index is -0.810. The first-order valence-corrected chi connectivity index (χ1v) is 5.84. The molecular formula is C11H12Cl2N2O3. The maximum atomic E-state index is 11.5. The van der Waals surface area contributed by atoms with Crippen molar-refractivity contribution < 1.29 is 14.3 Å². The fourth-order valence-corrected chi connectivity index (χ4v) is 1.52. The Bertz CT molecular complexity index is 466. The first kappa shape index (κ1) is 14.6. The van der Waals surface area contributed by atoms with Gasteiger partial charge < -0.3 is 4.74 Å². The summed E-state index contributed by atoms with van der Waals surface area (Å²) in [6, 6.07) is 4.67. The van der Waals surface area contributed by atoms with Crippen LogP contribution in [0.15, 0.2) is 18.2 Å². The van der Waals surface area contributed by atoms with Crippen LogP contribution in [0.4, 0.5) is 0 Å². The van der Waals surface area contributed by atoms with E-state index < -0.39 is 12.0 Å². The summed E-state index contributed by atoms with van der Waals surface area (Å²) in [4.78, 5) is 22.1. The van der Waals surface area contributed by atoms with Gasteiger partial charge in [-0.2, -0.15) is 0 Å². The van der Waals surface area contributed by atoms with E-state index in [1.807, 2.05) is 0 Å². The van der Waals surface area contributed by atoms with Crippen molar-refractivity contribution in [3.63, 3.8) is 0 Å². The molecule has 0 aliphatic carbocycles. The number of carbonyl (C=O) groups excluding carboxylic acids is 2. The molecule has 1 rings (SSSR count). The molecule has 18 heavy (non-hydrogen) atoms. The maximum Gasteiger partial charge on any atom is 0.279 e. The van der Waals surface area contributed by atoms with Crippen molar-refractivity contribution in [2.75, 3.05) is 0 Å². The molecule has 7 heteroatoms. The van der Waals surface area contributed by atoms with E-state index in [4.69, 9.17) is 27.9 Å². The third kappa shape index (κ3) is 4.43. The SMILES string of the molecule is CC(=O)NNC(=O)[C@@H](C)Oc1ccc(Cl)cc1Cl. The molecule has 1 atom stereocenters. The summed E-state index contributed by atoms with van der Waals surface area (Å²) in [5.74, 6) is -0.525. The molecule has 0 aromatic heterocycles. The van der Waals surface area contributed by atoms with E-state index in [9.17, 15) is 9.59 Å². The highest BCUT2D eigenvalue weighted by Crippen LogP contribution is 2.28. The van der Waals surface area contributed by atoms with Crippen LogP contribution in [0.1, 0.15) is 13.8 Å². The fourth-order valence-electron chi connectivity index (χ4n) is 1.07. The molecule has 0 bridgehead atoms. The van der Waals surface area contributed by atoms with Crippen LogP contribution in [0, 0.1) is 0 Å². The van der Waals surface area contributed by atoms with E-state index in [2.05, 4.69) is 10.9 Å². The number of nitrogens with one attached hydrogen (secondary N) is 2. The van der Waals surface area contributed by atoms with Crippen LogP contribution in [-0.2, 0) is 9.59 Å². The molecule has 0 spiro atoms. The van der Waals surface area contributed by atoms with Crippen LogP contribution in [0.3, 0.4) is 0 Å². The van der Waals surface area contributed by atoms with Gasteiger partial charge in [-0.1, -0.05) is 23.2 Å². The Kier molecular flexibility index (Phi) is 5.25. The second-order valence-corrected chi connectivity index (χ2v) is 4.35. The molecule has 0 saturated carbocycles. The highest BCUT2D eigenvalue weighted by molar-refractivity contribution is 6.35. The lowest BCUT2D eigenvalue weighted by atomic mass is 10.3. The highest BCUT2D eigenvalue weighted by atomic mass is 35.5. The summed E-state index contributed by atoms with van der Waals surface area (Å²) >= 11 is 11.6. The molecule has 2 N–H and O–H groups in total. The second kappa shape index (κ2) is 6.47. The Morgan fingerprint density at radius 2 is 1.94 bits per heavy atom. The van der Waals surface area contributed by atoms with Gasteiger partial charge in [0.05, 0.1) is 5.02 Å². The monoisotopic (exact) mass is 290 g/mol. The number of ether oxygens (including phenoxy) is 1. The average Bonchev–Trinajstić information content (AvgIpc) is 2.29. The first-order valence-electron chi connectivity index (χ1n) is 5.08. The number of benzene rings is 1. The molecule has 98 valence electrons. The Balaban J connectivity index is 2.60. The molecule has 0 radical (unpaired) electrons. The first-order chi connectivity index (χ1) is 8.40. The lowest BCUT2D eigenvalue weighted by Gasteiger charge is -2.15. The number of carbonyl (C=O) groups is 2. The Morgan fingerprint density at radius 1 is 1.28 bits per heavy atom. The van der Waals surface area contributed by atoms with Crippen LogP contribution in [-0.4, -0.2) is 17.9 Å². The minimum absolute atomic E-state index is 0.307. The normalized spacial score (nSPS) is 11.6. The van der Waals surface area contributed by atoms with Crippen molar-refractivity contribution >= 4 is 35.0 Å². The Labute approximate surface area is 114 Å². The van der Waals surface area contributed by atoms with Crippen LogP contribution in [0.2, 0.25) is 10.0 Å². The van der Waals surface area contributed by atoms with Gasteiger partial charge in [-0.3, -0.25) is 20.4 Å². The van der Waals surface area contributed by atoms with E-state index in [0.717, 1.165) is 0 Å². The number of hydrogen-bond acceptors (Lipinski definition) is 3. The topological polar surface area (TPSA) is 67.4 Å². The lowest BCUT2D eigenvalue weighted by molar-refractivity contribution is -0.132. The third-order valence-corrected chi connectivity index (χ3v) is 2.46.